The van der Waals surface area contributed by atoms with Gasteiger partial charge in [0.1, 0.15) is 6.61 Å². The highest BCUT2D eigenvalue weighted by molar-refractivity contribution is 5.69. The smallest absolute Gasteiger partial charge is 0.306 e. The van der Waals surface area contributed by atoms with Crippen LogP contribution >= 0.6 is 0 Å². The van der Waals surface area contributed by atoms with E-state index in [0.29, 0.717) is 13.0 Å². The number of esters is 1. The predicted octanol–water partition coefficient (Wildman–Crippen LogP) is 3.59. The number of hydrogen-bond donors (Lipinski definition) is 0. The van der Waals surface area contributed by atoms with Crippen molar-refractivity contribution in [3.63, 3.8) is 0 Å². The lowest BCUT2D eigenvalue weighted by atomic mass is 10.1. The molecule has 3 nitrogen and oxygen atoms in total. The first-order chi connectivity index (χ1) is 9.29. The number of hydrogen-bond acceptors (Lipinski definition) is 3. The van der Waals surface area contributed by atoms with Crippen LogP contribution in [0.1, 0.15) is 25.3 Å². The van der Waals surface area contributed by atoms with Gasteiger partial charge in [0, 0.05) is 18.8 Å². The van der Waals surface area contributed by atoms with Crippen LogP contribution in [0.25, 0.3) is 11.1 Å². The first-order valence-corrected chi connectivity index (χ1v) is 6.44. The Labute approximate surface area is 113 Å². The molecule has 2 aromatic rings. The zero-order chi connectivity index (χ0) is 13.5. The van der Waals surface area contributed by atoms with E-state index in [1.165, 1.54) is 0 Å². The average Bonchev–Trinajstić information content (AvgIpc) is 2.47. The van der Waals surface area contributed by atoms with E-state index >= 15 is 0 Å². The van der Waals surface area contributed by atoms with E-state index in [2.05, 4.69) is 4.98 Å². The summed E-state index contributed by atoms with van der Waals surface area (Å²) in [5.41, 5.74) is 3.26. The molecule has 0 N–H and O–H groups in total. The molecule has 98 valence electrons. The molecule has 1 aromatic carbocycles. The van der Waals surface area contributed by atoms with Crippen molar-refractivity contribution in [1.29, 1.82) is 0 Å². The van der Waals surface area contributed by atoms with Crippen LogP contribution in [-0.2, 0) is 16.1 Å². The molecule has 0 radical (unpaired) electrons. The van der Waals surface area contributed by atoms with Gasteiger partial charge in [0.05, 0.1) is 0 Å². The average molecular weight is 255 g/mol. The Morgan fingerprint density at radius 2 is 1.68 bits per heavy atom. The van der Waals surface area contributed by atoms with Crippen molar-refractivity contribution in [2.75, 3.05) is 0 Å². The van der Waals surface area contributed by atoms with Gasteiger partial charge in [0.2, 0.25) is 0 Å². The molecule has 0 atom stereocenters. The molecule has 0 amide bonds. The summed E-state index contributed by atoms with van der Waals surface area (Å²) in [5.74, 6) is -0.138. The number of rotatable bonds is 5. The van der Waals surface area contributed by atoms with Crippen LogP contribution in [0, 0.1) is 0 Å². The second-order valence-electron chi connectivity index (χ2n) is 4.34. The second-order valence-corrected chi connectivity index (χ2v) is 4.34. The van der Waals surface area contributed by atoms with Crippen LogP contribution in [-0.4, -0.2) is 11.0 Å². The Morgan fingerprint density at radius 3 is 2.32 bits per heavy atom. The molecule has 0 aliphatic carbocycles. The van der Waals surface area contributed by atoms with Gasteiger partial charge in [-0.3, -0.25) is 9.78 Å². The Balaban J connectivity index is 1.97. The Kier molecular flexibility index (Phi) is 4.67. The number of carbonyl (C=O) groups excluding carboxylic acids is 1. The van der Waals surface area contributed by atoms with Gasteiger partial charge in [-0.1, -0.05) is 31.2 Å². The molecular formula is C16H17NO2. The van der Waals surface area contributed by atoms with Crippen LogP contribution < -0.4 is 0 Å². The van der Waals surface area contributed by atoms with E-state index in [-0.39, 0.29) is 5.97 Å². The maximum absolute atomic E-state index is 11.3. The monoisotopic (exact) mass is 255 g/mol. The lowest BCUT2D eigenvalue weighted by Gasteiger charge is -2.06. The van der Waals surface area contributed by atoms with Crippen molar-refractivity contribution in [2.24, 2.45) is 0 Å². The maximum Gasteiger partial charge on any atom is 0.306 e. The highest BCUT2D eigenvalue weighted by Gasteiger charge is 2.02. The summed E-state index contributed by atoms with van der Waals surface area (Å²) in [6.45, 7) is 2.31. The lowest BCUT2D eigenvalue weighted by Crippen LogP contribution is -2.03. The van der Waals surface area contributed by atoms with Gasteiger partial charge < -0.3 is 4.74 Å². The molecule has 2 rings (SSSR count). The molecule has 19 heavy (non-hydrogen) atoms. The van der Waals surface area contributed by atoms with Gasteiger partial charge >= 0.3 is 5.97 Å². The highest BCUT2D eigenvalue weighted by Crippen LogP contribution is 2.18. The van der Waals surface area contributed by atoms with Crippen molar-refractivity contribution < 1.29 is 9.53 Å². The van der Waals surface area contributed by atoms with E-state index in [1.54, 1.807) is 12.4 Å². The molecular weight excluding hydrogens is 238 g/mol. The molecule has 3 heteroatoms. The third kappa shape index (κ3) is 3.91. The predicted molar refractivity (Wildman–Crippen MR) is 74.4 cm³/mol. The molecule has 0 aliphatic rings. The lowest BCUT2D eigenvalue weighted by molar-refractivity contribution is -0.144. The Bertz CT molecular complexity index is 520. The number of nitrogens with zero attached hydrogens (tertiary/aromatic N) is 1. The van der Waals surface area contributed by atoms with Gasteiger partial charge in [-0.15, -0.1) is 0 Å². The fourth-order valence-electron chi connectivity index (χ4n) is 1.78. The van der Waals surface area contributed by atoms with Crippen LogP contribution in [0.2, 0.25) is 0 Å². The maximum atomic E-state index is 11.3. The molecule has 1 aromatic heterocycles. The highest BCUT2D eigenvalue weighted by atomic mass is 16.5. The Hall–Kier alpha value is -2.16. The summed E-state index contributed by atoms with van der Waals surface area (Å²) >= 11 is 0. The Morgan fingerprint density at radius 1 is 1.05 bits per heavy atom. The molecule has 0 bridgehead atoms. The third-order valence-corrected chi connectivity index (χ3v) is 2.82. The van der Waals surface area contributed by atoms with Gasteiger partial charge in [-0.05, 0) is 35.2 Å². The normalized spacial score (nSPS) is 10.2. The zero-order valence-electron chi connectivity index (χ0n) is 11.0. The minimum Gasteiger partial charge on any atom is -0.461 e. The number of carbonyl (C=O) groups is 1. The van der Waals surface area contributed by atoms with Crippen molar-refractivity contribution >= 4 is 5.97 Å². The SMILES string of the molecule is CCCC(=O)OCc1ccc(-c2ccncc2)cc1. The number of benzene rings is 1. The van der Waals surface area contributed by atoms with Crippen LogP contribution in [0.4, 0.5) is 0 Å². The van der Waals surface area contributed by atoms with Gasteiger partial charge in [0.25, 0.3) is 0 Å². The second kappa shape index (κ2) is 6.69. The van der Waals surface area contributed by atoms with E-state index in [1.807, 2.05) is 43.3 Å². The first kappa shape index (κ1) is 13.3. The minimum atomic E-state index is -0.138. The third-order valence-electron chi connectivity index (χ3n) is 2.82. The molecule has 0 saturated heterocycles. The molecule has 0 spiro atoms. The fraction of sp³-hybridized carbons (Fsp3) is 0.250. The number of pyridine rings is 1. The summed E-state index contributed by atoms with van der Waals surface area (Å²) in [6.07, 6.45) is 4.85. The van der Waals surface area contributed by atoms with E-state index in [4.69, 9.17) is 4.74 Å². The minimum absolute atomic E-state index is 0.138. The number of ether oxygens (including phenoxy) is 1. The van der Waals surface area contributed by atoms with Crippen molar-refractivity contribution in [3.8, 4) is 11.1 Å². The quantitative estimate of drug-likeness (QED) is 0.766. The van der Waals surface area contributed by atoms with Gasteiger partial charge in [-0.25, -0.2) is 0 Å². The van der Waals surface area contributed by atoms with E-state index in [9.17, 15) is 4.79 Å². The summed E-state index contributed by atoms with van der Waals surface area (Å²) in [5, 5.41) is 0. The van der Waals surface area contributed by atoms with Gasteiger partial charge in [0.15, 0.2) is 0 Å². The molecule has 1 heterocycles. The standard InChI is InChI=1S/C16H17NO2/c1-2-3-16(18)19-12-13-4-6-14(7-5-13)15-8-10-17-11-9-15/h4-11H,2-3,12H2,1H3. The van der Waals surface area contributed by atoms with Crippen LogP contribution in [0.5, 0.6) is 0 Å². The van der Waals surface area contributed by atoms with Crippen LogP contribution in [0.3, 0.4) is 0 Å². The summed E-state index contributed by atoms with van der Waals surface area (Å²) < 4.78 is 5.17. The molecule has 0 unspecified atom stereocenters. The fourth-order valence-corrected chi connectivity index (χ4v) is 1.78. The van der Waals surface area contributed by atoms with E-state index in [0.717, 1.165) is 23.1 Å². The van der Waals surface area contributed by atoms with E-state index < -0.39 is 0 Å². The molecule has 0 aliphatic heterocycles. The molecule has 0 saturated carbocycles. The number of aromatic nitrogens is 1. The zero-order valence-corrected chi connectivity index (χ0v) is 11.0. The largest absolute Gasteiger partial charge is 0.461 e. The van der Waals surface area contributed by atoms with Crippen molar-refractivity contribution in [1.82, 2.24) is 4.98 Å². The topological polar surface area (TPSA) is 39.2 Å². The molecule has 0 fully saturated rings. The summed E-state index contributed by atoms with van der Waals surface area (Å²) in [6, 6.07) is 12.0. The summed E-state index contributed by atoms with van der Waals surface area (Å²) in [7, 11) is 0. The first-order valence-electron chi connectivity index (χ1n) is 6.44. The van der Waals surface area contributed by atoms with Crippen molar-refractivity contribution in [2.45, 2.75) is 26.4 Å². The van der Waals surface area contributed by atoms with Crippen molar-refractivity contribution in [3.05, 3.63) is 54.4 Å². The van der Waals surface area contributed by atoms with Gasteiger partial charge in [-0.2, -0.15) is 0 Å². The van der Waals surface area contributed by atoms with Crippen LogP contribution in [0.15, 0.2) is 48.8 Å². The summed E-state index contributed by atoms with van der Waals surface area (Å²) in [4.78, 5) is 15.3.